The lowest BCUT2D eigenvalue weighted by atomic mass is 9.99. The maximum atomic E-state index is 13.3. The first-order valence-corrected chi connectivity index (χ1v) is 7.10. The van der Waals surface area contributed by atoms with Crippen LogP contribution in [0, 0.1) is 0 Å². The zero-order chi connectivity index (χ0) is 16.2. The second-order valence-corrected chi connectivity index (χ2v) is 4.92. The fourth-order valence-electron chi connectivity index (χ4n) is 2.42. The molecule has 5 heteroatoms. The van der Waals surface area contributed by atoms with Gasteiger partial charge in [0.1, 0.15) is 17.2 Å². The van der Waals surface area contributed by atoms with E-state index in [0.717, 1.165) is 22.6 Å². The van der Waals surface area contributed by atoms with Crippen LogP contribution in [0.3, 0.4) is 0 Å². The van der Waals surface area contributed by atoms with Crippen molar-refractivity contribution in [2.24, 2.45) is 0 Å². The summed E-state index contributed by atoms with van der Waals surface area (Å²) in [5.41, 5.74) is 2.91. The van der Waals surface area contributed by atoms with Crippen LogP contribution in [0.25, 0.3) is 22.4 Å². The van der Waals surface area contributed by atoms with Gasteiger partial charge in [-0.3, -0.25) is 0 Å². The number of hydrogen-bond acceptors (Lipinski definition) is 4. The van der Waals surface area contributed by atoms with Gasteiger partial charge in [-0.25, -0.2) is 4.39 Å². The lowest BCUT2D eigenvalue weighted by Gasteiger charge is -2.06. The molecule has 1 aromatic heterocycles. The molecule has 0 fully saturated rings. The number of benzene rings is 2. The molecule has 4 nitrogen and oxygen atoms in total. The van der Waals surface area contributed by atoms with Crippen molar-refractivity contribution in [3.8, 4) is 33.9 Å². The Hall–Kier alpha value is -2.82. The summed E-state index contributed by atoms with van der Waals surface area (Å²) < 4.78 is 28.8. The third-order valence-corrected chi connectivity index (χ3v) is 3.63. The maximum absolute atomic E-state index is 13.3. The highest BCUT2D eigenvalue weighted by atomic mass is 19.1. The van der Waals surface area contributed by atoms with Crippen LogP contribution in [0.5, 0.6) is 11.5 Å². The van der Waals surface area contributed by atoms with E-state index in [9.17, 15) is 4.39 Å². The van der Waals surface area contributed by atoms with Crippen molar-refractivity contribution in [2.75, 3.05) is 14.2 Å². The predicted octanol–water partition coefficient (Wildman–Crippen LogP) is 4.50. The molecule has 2 aromatic carbocycles. The molecule has 1 heterocycles. The summed E-state index contributed by atoms with van der Waals surface area (Å²) in [5.74, 6) is 1.69. The Bertz CT molecular complexity index is 779. The van der Waals surface area contributed by atoms with E-state index < -0.39 is 6.67 Å². The fourth-order valence-corrected chi connectivity index (χ4v) is 2.42. The van der Waals surface area contributed by atoms with Crippen molar-refractivity contribution >= 4 is 0 Å². The molecule has 0 atom stereocenters. The van der Waals surface area contributed by atoms with Crippen molar-refractivity contribution in [3.05, 3.63) is 54.3 Å². The van der Waals surface area contributed by atoms with E-state index in [4.69, 9.17) is 14.0 Å². The lowest BCUT2D eigenvalue weighted by molar-refractivity contribution is 0.332. The van der Waals surface area contributed by atoms with Gasteiger partial charge in [0, 0.05) is 5.56 Å². The van der Waals surface area contributed by atoms with Gasteiger partial charge in [-0.2, -0.15) is 0 Å². The summed E-state index contributed by atoms with van der Waals surface area (Å²) in [6.45, 7) is -0.718. The molecule has 3 aromatic rings. The minimum atomic E-state index is -0.718. The molecule has 0 amide bonds. The molecule has 0 unspecified atom stereocenters. The van der Waals surface area contributed by atoms with Crippen LogP contribution in [-0.2, 0) is 6.67 Å². The summed E-state index contributed by atoms with van der Waals surface area (Å²) in [5, 5.41) is 4.04. The molecule has 0 radical (unpaired) electrons. The Labute approximate surface area is 133 Å². The van der Waals surface area contributed by atoms with Gasteiger partial charge in [-0.15, -0.1) is 0 Å². The van der Waals surface area contributed by atoms with Crippen molar-refractivity contribution in [3.63, 3.8) is 0 Å². The van der Waals surface area contributed by atoms with Crippen LogP contribution < -0.4 is 9.47 Å². The zero-order valence-electron chi connectivity index (χ0n) is 12.9. The first-order chi connectivity index (χ1) is 11.3. The molecular weight excluding hydrogens is 297 g/mol. The van der Waals surface area contributed by atoms with E-state index in [2.05, 4.69) is 5.16 Å². The number of aromatic nitrogens is 1. The molecule has 0 N–H and O–H groups in total. The van der Waals surface area contributed by atoms with E-state index in [1.54, 1.807) is 14.2 Å². The van der Waals surface area contributed by atoms with Crippen LogP contribution >= 0.6 is 0 Å². The van der Waals surface area contributed by atoms with E-state index in [-0.39, 0.29) is 5.76 Å². The van der Waals surface area contributed by atoms with Crippen molar-refractivity contribution in [1.82, 2.24) is 5.16 Å². The van der Waals surface area contributed by atoms with E-state index in [1.807, 2.05) is 48.5 Å². The lowest BCUT2D eigenvalue weighted by Crippen LogP contribution is -1.88. The number of alkyl halides is 1. The molecule has 0 aliphatic rings. The van der Waals surface area contributed by atoms with Gasteiger partial charge in [-0.1, -0.05) is 17.3 Å². The third-order valence-electron chi connectivity index (χ3n) is 3.63. The second kappa shape index (κ2) is 6.52. The smallest absolute Gasteiger partial charge is 0.176 e. The van der Waals surface area contributed by atoms with Crippen molar-refractivity contribution < 1.29 is 18.4 Å². The Morgan fingerprint density at radius 1 is 0.870 bits per heavy atom. The molecule has 118 valence electrons. The Morgan fingerprint density at radius 3 is 1.87 bits per heavy atom. The molecule has 0 aliphatic heterocycles. The first kappa shape index (κ1) is 15.1. The molecular formula is C18H16FNO3. The molecule has 0 spiro atoms. The average Bonchev–Trinajstić information content (AvgIpc) is 3.06. The standard InChI is InChI=1S/C18H16FNO3/c1-21-14-7-3-12(4-8-14)17-16(11-19)23-20-18(17)13-5-9-15(22-2)10-6-13/h3-10H,11H2,1-2H3/i1+0,2+0,19+0. The highest BCUT2D eigenvalue weighted by molar-refractivity contribution is 5.82. The minimum Gasteiger partial charge on any atom is -0.497 e. The Balaban J connectivity index is 2.08. The molecule has 3 rings (SSSR count). The number of rotatable bonds is 5. The van der Waals surface area contributed by atoms with Gasteiger partial charge < -0.3 is 14.0 Å². The summed E-state index contributed by atoms with van der Waals surface area (Å²) in [4.78, 5) is 0. The minimum absolute atomic E-state index is 0.209. The fraction of sp³-hybridized carbons (Fsp3) is 0.167. The average molecular weight is 313 g/mol. The van der Waals surface area contributed by atoms with Gasteiger partial charge in [0.05, 0.1) is 19.8 Å². The van der Waals surface area contributed by atoms with Gasteiger partial charge in [0.25, 0.3) is 0 Å². The molecule has 0 saturated carbocycles. The van der Waals surface area contributed by atoms with E-state index in [1.165, 1.54) is 0 Å². The van der Waals surface area contributed by atoms with Gasteiger partial charge in [0.15, 0.2) is 12.4 Å². The summed E-state index contributed by atoms with van der Waals surface area (Å²) in [7, 11) is 3.21. The Kier molecular flexibility index (Phi) is 4.28. The molecule has 0 bridgehead atoms. The van der Waals surface area contributed by atoms with Crippen LogP contribution in [0.1, 0.15) is 5.76 Å². The number of halogens is 1. The monoisotopic (exact) mass is 313 g/mol. The van der Waals surface area contributed by atoms with E-state index >= 15 is 0 Å². The molecule has 0 saturated heterocycles. The third kappa shape index (κ3) is 2.90. The van der Waals surface area contributed by atoms with Crippen molar-refractivity contribution in [1.29, 1.82) is 0 Å². The van der Waals surface area contributed by atoms with Gasteiger partial charge >= 0.3 is 0 Å². The van der Waals surface area contributed by atoms with Crippen LogP contribution in [0.4, 0.5) is 4.39 Å². The van der Waals surface area contributed by atoms with Crippen LogP contribution in [-0.4, -0.2) is 19.4 Å². The van der Waals surface area contributed by atoms with E-state index in [0.29, 0.717) is 11.3 Å². The number of ether oxygens (including phenoxy) is 2. The van der Waals surface area contributed by atoms with Crippen LogP contribution in [0.2, 0.25) is 0 Å². The summed E-state index contributed by atoms with van der Waals surface area (Å²) in [6, 6.07) is 14.8. The van der Waals surface area contributed by atoms with Crippen molar-refractivity contribution in [2.45, 2.75) is 6.67 Å². The van der Waals surface area contributed by atoms with Gasteiger partial charge in [-0.05, 0) is 42.0 Å². The molecule has 0 aliphatic carbocycles. The predicted molar refractivity (Wildman–Crippen MR) is 85.3 cm³/mol. The SMILES string of the molecule is [12CH3]Oc1ccc(-c2noc(C[19F])c2-c2ccc(O[12CH3])cc2)cc1. The van der Waals surface area contributed by atoms with Crippen LogP contribution in [0.15, 0.2) is 53.1 Å². The maximum Gasteiger partial charge on any atom is 0.176 e. The number of hydrogen-bond donors (Lipinski definition) is 0. The first-order valence-electron chi connectivity index (χ1n) is 7.10. The summed E-state index contributed by atoms with van der Waals surface area (Å²) in [6.07, 6.45) is 0. The largest absolute Gasteiger partial charge is 0.497 e. The highest BCUT2D eigenvalue weighted by Gasteiger charge is 2.19. The molecule has 23 heavy (non-hydrogen) atoms. The van der Waals surface area contributed by atoms with Gasteiger partial charge in [0.2, 0.25) is 0 Å². The highest BCUT2D eigenvalue weighted by Crippen LogP contribution is 2.36. The Morgan fingerprint density at radius 2 is 1.39 bits per heavy atom. The quantitative estimate of drug-likeness (QED) is 0.696. The topological polar surface area (TPSA) is 44.5 Å². The second-order valence-electron chi connectivity index (χ2n) is 4.92. The normalized spacial score (nSPS) is 10.6. The number of nitrogens with zero attached hydrogens (tertiary/aromatic N) is 1. The zero-order valence-corrected chi connectivity index (χ0v) is 12.9. The summed E-state index contributed by atoms with van der Waals surface area (Å²) >= 11 is 0. The number of methoxy groups -OCH3 is 2.